The Morgan fingerprint density at radius 2 is 1.61 bits per heavy atom. The number of piperazine rings is 1. The molecule has 0 aromatic heterocycles. The summed E-state index contributed by atoms with van der Waals surface area (Å²) >= 11 is 0. The third kappa shape index (κ3) is 10.8. The minimum absolute atomic E-state index is 0.0771. The van der Waals surface area contributed by atoms with Crippen molar-refractivity contribution in [1.29, 1.82) is 0 Å². The second kappa shape index (κ2) is 18.7. The number of aliphatic hydroxyl groups is 1. The number of likely N-dealkylation sites (tertiary alicyclic amines) is 1. The van der Waals surface area contributed by atoms with E-state index in [1.165, 1.54) is 12.1 Å². The number of benzene rings is 2. The SMILES string of the molecule is C/C(=C\c1cc(F)cc(N(C)C2CCN(C(=O)Nc3ccccc3)CC2)c1)[C@H]1C(=O)C(=O)C[C@H](O)CC[C@H](C)[C@@H](OC(=O)N2CCN(C)CC2)/C=C/[C@@H]1C. The number of nitrogens with one attached hydrogen (secondary N) is 1. The highest BCUT2D eigenvalue weighted by molar-refractivity contribution is 6.38. The molecule has 2 aromatic rings. The van der Waals surface area contributed by atoms with Crippen molar-refractivity contribution < 1.29 is 33.4 Å². The molecule has 1 aliphatic carbocycles. The predicted octanol–water partition coefficient (Wildman–Crippen LogP) is 6.24. The van der Waals surface area contributed by atoms with Crippen LogP contribution in [0.1, 0.15) is 58.4 Å². The number of carbonyl (C=O) groups excluding carboxylic acids is 4. The smallest absolute Gasteiger partial charge is 0.410 e. The lowest BCUT2D eigenvalue weighted by Gasteiger charge is -2.38. The van der Waals surface area contributed by atoms with Crippen molar-refractivity contribution in [1.82, 2.24) is 14.7 Å². The van der Waals surface area contributed by atoms with Crippen LogP contribution >= 0.6 is 0 Å². The molecule has 2 heterocycles. The van der Waals surface area contributed by atoms with Crippen molar-refractivity contribution in [3.63, 3.8) is 0 Å². The molecule has 5 atom stereocenters. The molecule has 2 fully saturated rings. The summed E-state index contributed by atoms with van der Waals surface area (Å²) < 4.78 is 21.2. The van der Waals surface area contributed by atoms with Crippen molar-refractivity contribution in [2.45, 2.75) is 71.1 Å². The number of aliphatic hydroxyl groups excluding tert-OH is 1. The van der Waals surface area contributed by atoms with Gasteiger partial charge in [0.15, 0.2) is 0 Å². The Bertz CT molecular complexity index is 1680. The minimum Gasteiger partial charge on any atom is -0.442 e. The molecule has 3 amide bonds. The van der Waals surface area contributed by atoms with Crippen LogP contribution in [-0.2, 0) is 14.3 Å². The number of halogens is 1. The fourth-order valence-corrected chi connectivity index (χ4v) is 7.62. The van der Waals surface area contributed by atoms with Crippen LogP contribution in [0.2, 0.25) is 0 Å². The zero-order valence-corrected chi connectivity index (χ0v) is 32.2. The number of nitrogens with zero attached hydrogens (tertiary/aromatic N) is 4. The molecule has 2 aliphatic heterocycles. The van der Waals surface area contributed by atoms with E-state index in [-0.39, 0.29) is 30.8 Å². The summed E-state index contributed by atoms with van der Waals surface area (Å²) in [5, 5.41) is 13.7. The van der Waals surface area contributed by atoms with Gasteiger partial charge >= 0.3 is 12.1 Å². The van der Waals surface area contributed by atoms with E-state index in [9.17, 15) is 24.3 Å². The number of hydrogen-bond acceptors (Lipinski definition) is 8. The monoisotopic (exact) mass is 745 g/mol. The van der Waals surface area contributed by atoms with E-state index in [4.69, 9.17) is 4.74 Å². The van der Waals surface area contributed by atoms with E-state index < -0.39 is 47.5 Å². The van der Waals surface area contributed by atoms with Crippen LogP contribution in [0, 0.1) is 23.6 Å². The van der Waals surface area contributed by atoms with Crippen LogP contribution in [0.4, 0.5) is 25.4 Å². The van der Waals surface area contributed by atoms with E-state index in [2.05, 4.69) is 10.2 Å². The number of anilines is 2. The molecule has 11 nitrogen and oxygen atoms in total. The van der Waals surface area contributed by atoms with E-state index >= 15 is 4.39 Å². The molecule has 12 heteroatoms. The number of allylic oxidation sites excluding steroid dienone is 2. The molecule has 0 saturated carbocycles. The Morgan fingerprint density at radius 3 is 2.30 bits per heavy atom. The lowest BCUT2D eigenvalue weighted by molar-refractivity contribution is -0.140. The quantitative estimate of drug-likeness (QED) is 0.263. The summed E-state index contributed by atoms with van der Waals surface area (Å²) in [5.41, 5.74) is 2.53. The Morgan fingerprint density at radius 1 is 0.926 bits per heavy atom. The molecule has 54 heavy (non-hydrogen) atoms. The van der Waals surface area contributed by atoms with Gasteiger partial charge in [0.2, 0.25) is 11.6 Å². The maximum Gasteiger partial charge on any atom is 0.410 e. The Balaban J connectivity index is 1.31. The van der Waals surface area contributed by atoms with Gasteiger partial charge in [0.05, 0.1) is 12.0 Å². The molecule has 2 N–H and O–H groups in total. The fourth-order valence-electron chi connectivity index (χ4n) is 7.62. The van der Waals surface area contributed by atoms with Gasteiger partial charge in [0, 0.05) is 70.2 Å². The van der Waals surface area contributed by atoms with Crippen LogP contribution < -0.4 is 10.2 Å². The number of likely N-dealkylation sites (N-methyl/N-ethyl adjacent to an activating group) is 1. The molecule has 5 rings (SSSR count). The summed E-state index contributed by atoms with van der Waals surface area (Å²) in [4.78, 5) is 60.7. The van der Waals surface area contributed by atoms with Crippen LogP contribution in [0.15, 0.2) is 66.3 Å². The Kier molecular flexibility index (Phi) is 14.0. The van der Waals surface area contributed by atoms with Gasteiger partial charge in [0.25, 0.3) is 0 Å². The number of carbonyl (C=O) groups is 4. The fraction of sp³-hybridized carbons (Fsp3) is 0.524. The van der Waals surface area contributed by atoms with Gasteiger partial charge in [-0.25, -0.2) is 14.0 Å². The van der Waals surface area contributed by atoms with Gasteiger partial charge < -0.3 is 34.8 Å². The maximum absolute atomic E-state index is 15.2. The Labute approximate surface area is 318 Å². The van der Waals surface area contributed by atoms with Crippen molar-refractivity contribution in [2.75, 3.05) is 63.6 Å². The second-order valence-corrected chi connectivity index (χ2v) is 15.3. The van der Waals surface area contributed by atoms with E-state index in [0.29, 0.717) is 62.3 Å². The summed E-state index contributed by atoms with van der Waals surface area (Å²) in [6.07, 6.45) is 5.30. The number of rotatable bonds is 6. The summed E-state index contributed by atoms with van der Waals surface area (Å²) in [5.74, 6) is -3.17. The number of amides is 3. The molecule has 2 aromatic carbocycles. The molecular formula is C42H56FN5O6. The number of ketones is 2. The zero-order valence-electron chi connectivity index (χ0n) is 32.2. The molecule has 0 spiro atoms. The Hall–Kier alpha value is -4.55. The van der Waals surface area contributed by atoms with Gasteiger partial charge in [-0.15, -0.1) is 0 Å². The normalized spacial score (nSPS) is 26.1. The minimum atomic E-state index is -1.01. The number of para-hydroxylation sites is 1. The third-order valence-corrected chi connectivity index (χ3v) is 11.1. The first-order chi connectivity index (χ1) is 25.8. The first-order valence-electron chi connectivity index (χ1n) is 19.2. The van der Waals surface area contributed by atoms with E-state index in [0.717, 1.165) is 18.8 Å². The molecular weight excluding hydrogens is 689 g/mol. The molecule has 0 unspecified atom stereocenters. The first-order valence-corrected chi connectivity index (χ1v) is 19.2. The van der Waals surface area contributed by atoms with Crippen LogP contribution in [0.5, 0.6) is 0 Å². The molecule has 0 bridgehead atoms. The van der Waals surface area contributed by atoms with Gasteiger partial charge in [-0.3, -0.25) is 9.59 Å². The van der Waals surface area contributed by atoms with Crippen LogP contribution in [0.3, 0.4) is 0 Å². The number of ether oxygens (including phenoxy) is 1. The second-order valence-electron chi connectivity index (χ2n) is 15.3. The topological polar surface area (TPSA) is 123 Å². The number of Topliss-reactive ketones (excluding diaryl/α,β-unsaturated/α-hetero) is 2. The molecule has 292 valence electrons. The highest BCUT2D eigenvalue weighted by atomic mass is 19.1. The average molecular weight is 746 g/mol. The van der Waals surface area contributed by atoms with Crippen molar-refractivity contribution in [2.24, 2.45) is 17.8 Å². The number of urea groups is 1. The molecule has 3 aliphatic rings. The van der Waals surface area contributed by atoms with Crippen molar-refractivity contribution in [3.8, 4) is 0 Å². The zero-order chi connectivity index (χ0) is 38.9. The highest BCUT2D eigenvalue weighted by Gasteiger charge is 2.34. The lowest BCUT2D eigenvalue weighted by Crippen LogP contribution is -2.48. The van der Waals surface area contributed by atoms with Gasteiger partial charge in [0.1, 0.15) is 11.9 Å². The summed E-state index contributed by atoms with van der Waals surface area (Å²) in [6.45, 7) is 9.34. The lowest BCUT2D eigenvalue weighted by atomic mass is 9.79. The van der Waals surface area contributed by atoms with Gasteiger partial charge in [-0.2, -0.15) is 0 Å². The standard InChI is InChI=1S/C42H56FN5O6/c1-28-11-13-36(49)27-37(50)40(51)39(29(2)12-14-38(28)54-42(53)48-21-19-45(4)20-22-48)30(3)23-31-24-32(43)26-35(25-31)46(5)34-15-17-47(18-16-34)41(52)44-33-9-7-6-8-10-33/h6-10,12,14,23-26,28-29,34,36,38-39,49H,11,13,15-22,27H2,1-5H3,(H,44,52)/b14-12+,30-23+/t28-,29-,36+,38-,39-/m0/s1. The highest BCUT2D eigenvalue weighted by Crippen LogP contribution is 2.31. The van der Waals surface area contributed by atoms with E-state index in [1.54, 1.807) is 28.9 Å². The average Bonchev–Trinajstić information content (AvgIpc) is 3.15. The van der Waals surface area contributed by atoms with Gasteiger partial charge in [-0.1, -0.05) is 49.8 Å². The van der Waals surface area contributed by atoms with Gasteiger partial charge in [-0.05, 0) is 93.5 Å². The van der Waals surface area contributed by atoms with Crippen molar-refractivity contribution >= 4 is 41.1 Å². The summed E-state index contributed by atoms with van der Waals surface area (Å²) in [6, 6.07) is 14.0. The first kappa shape index (κ1) is 40.6. The predicted molar refractivity (Wildman–Crippen MR) is 209 cm³/mol. The maximum atomic E-state index is 15.2. The third-order valence-electron chi connectivity index (χ3n) is 11.1. The number of piperidine rings is 1. The summed E-state index contributed by atoms with van der Waals surface area (Å²) in [7, 11) is 3.93. The van der Waals surface area contributed by atoms with E-state index in [1.807, 2.05) is 75.3 Å². The van der Waals surface area contributed by atoms with Crippen LogP contribution in [0.25, 0.3) is 6.08 Å². The molecule has 2 saturated heterocycles. The van der Waals surface area contributed by atoms with Crippen molar-refractivity contribution in [3.05, 3.63) is 77.6 Å². The largest absolute Gasteiger partial charge is 0.442 e. The molecule has 0 radical (unpaired) electrons. The van der Waals surface area contributed by atoms with Crippen LogP contribution in [-0.4, -0.2) is 115 Å². The number of hydrogen-bond donors (Lipinski definition) is 2.